The first-order valence-corrected chi connectivity index (χ1v) is 6.48. The first-order chi connectivity index (χ1) is 10.1. The number of amides is 2. The highest BCUT2D eigenvalue weighted by Crippen LogP contribution is 2.04. The molecule has 0 radical (unpaired) electrons. The number of carbonyl (C=O) groups is 2. The van der Waals surface area contributed by atoms with E-state index in [2.05, 4.69) is 15.8 Å². The van der Waals surface area contributed by atoms with E-state index in [1.54, 1.807) is 12.1 Å². The average molecular weight is 285 g/mol. The Labute approximate surface area is 121 Å². The fourth-order valence-corrected chi connectivity index (χ4v) is 1.70. The van der Waals surface area contributed by atoms with Crippen molar-refractivity contribution in [3.63, 3.8) is 0 Å². The summed E-state index contributed by atoms with van der Waals surface area (Å²) in [5.74, 6) is -0.916. The zero-order valence-electron chi connectivity index (χ0n) is 11.5. The minimum Gasteiger partial charge on any atom is -0.328 e. The summed E-state index contributed by atoms with van der Waals surface area (Å²) >= 11 is 0. The number of pyridine rings is 1. The summed E-state index contributed by atoms with van der Waals surface area (Å²) in [7, 11) is 0. The van der Waals surface area contributed by atoms with Crippen LogP contribution in [0.2, 0.25) is 0 Å². The predicted octanol–water partition coefficient (Wildman–Crippen LogP) is 1.01. The number of benzene rings is 1. The Morgan fingerprint density at radius 3 is 2.05 bits per heavy atom. The molecule has 0 aliphatic rings. The van der Waals surface area contributed by atoms with Gasteiger partial charge in [-0.05, 0) is 30.2 Å². The first-order valence-electron chi connectivity index (χ1n) is 6.48. The lowest BCUT2D eigenvalue weighted by Gasteiger charge is -2.07. The highest BCUT2D eigenvalue weighted by Gasteiger charge is 2.08. The summed E-state index contributed by atoms with van der Waals surface area (Å²) in [4.78, 5) is 36.9. The van der Waals surface area contributed by atoms with Crippen LogP contribution in [0.5, 0.6) is 0 Å². The maximum atomic E-state index is 11.9. The van der Waals surface area contributed by atoms with Gasteiger partial charge < -0.3 is 4.98 Å². The Hall–Kier alpha value is -2.89. The summed E-state index contributed by atoms with van der Waals surface area (Å²) in [6.07, 6.45) is 2.17. The maximum absolute atomic E-state index is 11.9. The molecule has 0 saturated carbocycles. The third-order valence-electron chi connectivity index (χ3n) is 2.96. The molecule has 2 amide bonds. The van der Waals surface area contributed by atoms with E-state index in [0.717, 1.165) is 12.0 Å². The van der Waals surface area contributed by atoms with Crippen LogP contribution in [-0.2, 0) is 6.42 Å². The van der Waals surface area contributed by atoms with Crippen molar-refractivity contribution in [1.82, 2.24) is 15.8 Å². The lowest BCUT2D eigenvalue weighted by atomic mass is 10.1. The summed E-state index contributed by atoms with van der Waals surface area (Å²) in [5, 5.41) is 0. The van der Waals surface area contributed by atoms with Gasteiger partial charge in [0.2, 0.25) is 5.56 Å². The Balaban J connectivity index is 1.95. The number of rotatable bonds is 3. The zero-order chi connectivity index (χ0) is 15.2. The van der Waals surface area contributed by atoms with Gasteiger partial charge in [-0.15, -0.1) is 0 Å². The molecule has 2 rings (SSSR count). The van der Waals surface area contributed by atoms with Gasteiger partial charge in [0.05, 0.1) is 5.56 Å². The van der Waals surface area contributed by atoms with Crippen molar-refractivity contribution < 1.29 is 9.59 Å². The molecule has 1 aromatic heterocycles. The van der Waals surface area contributed by atoms with E-state index in [9.17, 15) is 14.4 Å². The first kappa shape index (κ1) is 14.5. The van der Waals surface area contributed by atoms with Crippen LogP contribution in [-0.4, -0.2) is 16.8 Å². The summed E-state index contributed by atoms with van der Waals surface area (Å²) in [6, 6.07) is 9.72. The van der Waals surface area contributed by atoms with Gasteiger partial charge in [-0.1, -0.05) is 19.1 Å². The van der Waals surface area contributed by atoms with Gasteiger partial charge >= 0.3 is 0 Å². The molecule has 0 spiro atoms. The SMILES string of the molecule is CCc1ccc(C(=O)NNC(=O)c2ccc(=O)[nH]c2)cc1. The minimum atomic E-state index is -0.509. The maximum Gasteiger partial charge on any atom is 0.271 e. The van der Waals surface area contributed by atoms with Gasteiger partial charge in [-0.3, -0.25) is 25.2 Å². The van der Waals surface area contributed by atoms with Crippen molar-refractivity contribution in [2.45, 2.75) is 13.3 Å². The van der Waals surface area contributed by atoms with Gasteiger partial charge in [0.25, 0.3) is 11.8 Å². The number of H-pyrrole nitrogens is 1. The van der Waals surface area contributed by atoms with E-state index in [1.165, 1.54) is 18.3 Å². The molecule has 21 heavy (non-hydrogen) atoms. The highest BCUT2D eigenvalue weighted by atomic mass is 16.2. The molecule has 0 unspecified atom stereocenters. The van der Waals surface area contributed by atoms with Crippen molar-refractivity contribution >= 4 is 11.8 Å². The van der Waals surface area contributed by atoms with Crippen LogP contribution in [0.1, 0.15) is 33.2 Å². The normalized spacial score (nSPS) is 9.95. The van der Waals surface area contributed by atoms with Crippen LogP contribution in [0.3, 0.4) is 0 Å². The lowest BCUT2D eigenvalue weighted by Crippen LogP contribution is -2.41. The number of aryl methyl sites for hydroxylation is 1. The number of aromatic amines is 1. The summed E-state index contributed by atoms with van der Waals surface area (Å²) < 4.78 is 0. The molecule has 6 heteroatoms. The second-order valence-electron chi connectivity index (χ2n) is 4.40. The Morgan fingerprint density at radius 1 is 0.952 bits per heavy atom. The molecule has 1 heterocycles. The van der Waals surface area contributed by atoms with E-state index in [-0.39, 0.29) is 11.1 Å². The molecule has 0 aliphatic carbocycles. The summed E-state index contributed by atoms with van der Waals surface area (Å²) in [6.45, 7) is 2.03. The zero-order valence-corrected chi connectivity index (χ0v) is 11.5. The molecule has 108 valence electrons. The molecule has 0 bridgehead atoms. The third kappa shape index (κ3) is 3.79. The monoisotopic (exact) mass is 285 g/mol. The van der Waals surface area contributed by atoms with Crippen LogP contribution < -0.4 is 16.4 Å². The number of carbonyl (C=O) groups excluding carboxylic acids is 2. The number of hydrogen-bond acceptors (Lipinski definition) is 3. The van der Waals surface area contributed by atoms with Gasteiger partial charge in [-0.2, -0.15) is 0 Å². The quantitative estimate of drug-likeness (QED) is 0.735. The van der Waals surface area contributed by atoms with Crippen molar-refractivity contribution in [3.05, 3.63) is 69.6 Å². The molecule has 0 saturated heterocycles. The highest BCUT2D eigenvalue weighted by molar-refractivity contribution is 5.98. The topological polar surface area (TPSA) is 91.1 Å². The second kappa shape index (κ2) is 6.51. The number of aromatic nitrogens is 1. The molecular formula is C15H15N3O3. The van der Waals surface area contributed by atoms with Gasteiger partial charge in [0.15, 0.2) is 0 Å². The van der Waals surface area contributed by atoms with E-state index >= 15 is 0 Å². The van der Waals surface area contributed by atoms with E-state index in [0.29, 0.717) is 5.56 Å². The number of nitrogens with one attached hydrogen (secondary N) is 3. The molecule has 0 aliphatic heterocycles. The standard InChI is InChI=1S/C15H15N3O3/c1-2-10-3-5-11(6-4-10)14(20)17-18-15(21)12-7-8-13(19)16-9-12/h3-9H,2H2,1H3,(H,16,19)(H,17,20)(H,18,21). The van der Waals surface area contributed by atoms with Crippen LogP contribution in [0.25, 0.3) is 0 Å². The smallest absolute Gasteiger partial charge is 0.271 e. The average Bonchev–Trinajstić information content (AvgIpc) is 2.53. The lowest BCUT2D eigenvalue weighted by molar-refractivity contribution is 0.0846. The largest absolute Gasteiger partial charge is 0.328 e. The Bertz CT molecular complexity index is 684. The molecule has 0 fully saturated rings. The third-order valence-corrected chi connectivity index (χ3v) is 2.96. The molecule has 3 N–H and O–H groups in total. The molecular weight excluding hydrogens is 270 g/mol. The molecule has 2 aromatic rings. The van der Waals surface area contributed by atoms with Crippen LogP contribution in [0.15, 0.2) is 47.4 Å². The number of hydrogen-bond donors (Lipinski definition) is 3. The Morgan fingerprint density at radius 2 is 1.52 bits per heavy atom. The van der Waals surface area contributed by atoms with E-state index in [4.69, 9.17) is 0 Å². The van der Waals surface area contributed by atoms with Crippen molar-refractivity contribution in [1.29, 1.82) is 0 Å². The van der Waals surface area contributed by atoms with E-state index in [1.807, 2.05) is 19.1 Å². The summed E-state index contributed by atoms with van der Waals surface area (Å²) in [5.41, 5.74) is 6.13. The van der Waals surface area contributed by atoms with Crippen molar-refractivity contribution in [2.75, 3.05) is 0 Å². The van der Waals surface area contributed by atoms with Crippen LogP contribution in [0.4, 0.5) is 0 Å². The fourth-order valence-electron chi connectivity index (χ4n) is 1.70. The van der Waals surface area contributed by atoms with Crippen molar-refractivity contribution in [2.24, 2.45) is 0 Å². The van der Waals surface area contributed by atoms with Crippen LogP contribution in [0, 0.1) is 0 Å². The minimum absolute atomic E-state index is 0.247. The Kier molecular flexibility index (Phi) is 4.50. The van der Waals surface area contributed by atoms with Gasteiger partial charge in [-0.25, -0.2) is 0 Å². The van der Waals surface area contributed by atoms with Gasteiger partial charge in [0, 0.05) is 17.8 Å². The van der Waals surface area contributed by atoms with Crippen molar-refractivity contribution in [3.8, 4) is 0 Å². The van der Waals surface area contributed by atoms with Crippen LogP contribution >= 0.6 is 0 Å². The van der Waals surface area contributed by atoms with E-state index < -0.39 is 11.8 Å². The fraction of sp³-hybridized carbons (Fsp3) is 0.133. The molecule has 6 nitrogen and oxygen atoms in total. The second-order valence-corrected chi connectivity index (χ2v) is 4.40. The van der Waals surface area contributed by atoms with Gasteiger partial charge in [0.1, 0.15) is 0 Å². The molecule has 0 atom stereocenters. The molecule has 1 aromatic carbocycles. The predicted molar refractivity (Wildman–Crippen MR) is 77.8 cm³/mol. The number of hydrazine groups is 1.